The van der Waals surface area contributed by atoms with Crippen LogP contribution in [-0.2, 0) is 4.79 Å². The van der Waals surface area contributed by atoms with Gasteiger partial charge in [-0.05, 0) is 24.8 Å². The van der Waals surface area contributed by atoms with Gasteiger partial charge in [-0.2, -0.15) is 0 Å². The summed E-state index contributed by atoms with van der Waals surface area (Å²) < 4.78 is 1.25. The largest absolute Gasteiger partial charge is 0.340 e. The fraction of sp³-hybridized carbons (Fsp3) is 0.350. The van der Waals surface area contributed by atoms with Crippen molar-refractivity contribution in [1.29, 1.82) is 0 Å². The number of hydrogen-bond donors (Lipinski definition) is 0. The van der Waals surface area contributed by atoms with Crippen molar-refractivity contribution < 1.29 is 9.59 Å². The first-order valence-electron chi connectivity index (χ1n) is 8.63. The number of pyridine rings is 1. The Morgan fingerprint density at radius 2 is 1.64 bits per heavy atom. The normalized spacial score (nSPS) is 16.4. The maximum absolute atomic E-state index is 13.1. The number of carbonyl (C=O) groups excluding carboxylic acids is 2. The molecular weight excluding hydrogens is 316 g/mol. The maximum Gasteiger partial charge on any atom is 0.253 e. The van der Waals surface area contributed by atoms with E-state index >= 15 is 0 Å². The molecule has 0 radical (unpaired) electrons. The van der Waals surface area contributed by atoms with Gasteiger partial charge in [-0.3, -0.25) is 19.0 Å². The van der Waals surface area contributed by atoms with E-state index in [9.17, 15) is 14.4 Å². The highest BCUT2D eigenvalue weighted by Gasteiger charge is 2.34. The summed E-state index contributed by atoms with van der Waals surface area (Å²) in [4.78, 5) is 40.1. The van der Waals surface area contributed by atoms with E-state index in [2.05, 4.69) is 6.92 Å². The number of carbonyl (C=O) groups is 2. The molecular formula is C20H22N2O3. The Kier molecular flexibility index (Phi) is 5.12. The second kappa shape index (κ2) is 7.47. The molecule has 1 aromatic heterocycles. The van der Waals surface area contributed by atoms with Crippen LogP contribution in [0.2, 0.25) is 0 Å². The van der Waals surface area contributed by atoms with Crippen LogP contribution >= 0.6 is 0 Å². The lowest BCUT2D eigenvalue weighted by Crippen LogP contribution is -2.46. The van der Waals surface area contributed by atoms with Crippen molar-refractivity contribution in [2.75, 3.05) is 13.1 Å². The minimum Gasteiger partial charge on any atom is -0.340 e. The molecule has 5 heteroatoms. The second-order valence-electron chi connectivity index (χ2n) is 6.59. The average molecular weight is 338 g/mol. The van der Waals surface area contributed by atoms with Gasteiger partial charge < -0.3 is 4.90 Å². The van der Waals surface area contributed by atoms with E-state index in [1.165, 1.54) is 16.8 Å². The van der Waals surface area contributed by atoms with Gasteiger partial charge in [-0.1, -0.05) is 43.3 Å². The number of ketones is 1. The van der Waals surface area contributed by atoms with Crippen molar-refractivity contribution in [3.63, 3.8) is 0 Å². The van der Waals surface area contributed by atoms with Crippen molar-refractivity contribution in [2.45, 2.75) is 25.8 Å². The van der Waals surface area contributed by atoms with Gasteiger partial charge in [-0.15, -0.1) is 0 Å². The number of Topliss-reactive ketones (excluding diaryl/α,β-unsaturated/α-hetero) is 1. The molecule has 0 N–H and O–H groups in total. The Balaban J connectivity index is 1.98. The number of aromatic nitrogens is 1. The highest BCUT2D eigenvalue weighted by atomic mass is 16.2. The van der Waals surface area contributed by atoms with Crippen LogP contribution in [0.3, 0.4) is 0 Å². The van der Waals surface area contributed by atoms with Crippen LogP contribution in [0.5, 0.6) is 0 Å². The SMILES string of the molecule is CC1CCN(C(=O)C(C(=O)c2ccccc2)n2ccccc2=O)CC1. The van der Waals surface area contributed by atoms with Crippen molar-refractivity contribution in [3.05, 3.63) is 70.6 Å². The van der Waals surface area contributed by atoms with E-state index in [-0.39, 0.29) is 17.2 Å². The van der Waals surface area contributed by atoms with E-state index in [1.54, 1.807) is 41.3 Å². The minimum atomic E-state index is -1.15. The van der Waals surface area contributed by atoms with Crippen LogP contribution in [0, 0.1) is 5.92 Å². The molecule has 0 aliphatic carbocycles. The number of piperidine rings is 1. The predicted molar refractivity (Wildman–Crippen MR) is 95.5 cm³/mol. The van der Waals surface area contributed by atoms with Crippen LogP contribution in [0.25, 0.3) is 0 Å². The Morgan fingerprint density at radius 3 is 2.28 bits per heavy atom. The summed E-state index contributed by atoms with van der Waals surface area (Å²) in [6, 6.07) is 12.2. The molecule has 1 aliphatic heterocycles. The summed E-state index contributed by atoms with van der Waals surface area (Å²) in [6.45, 7) is 3.41. The Bertz CT molecular complexity index is 805. The van der Waals surface area contributed by atoms with Gasteiger partial charge in [0.2, 0.25) is 0 Å². The van der Waals surface area contributed by atoms with Gasteiger partial charge in [-0.25, -0.2) is 0 Å². The molecule has 1 amide bonds. The Morgan fingerprint density at radius 1 is 1.00 bits per heavy atom. The van der Waals surface area contributed by atoms with Crippen LogP contribution in [0.4, 0.5) is 0 Å². The van der Waals surface area contributed by atoms with E-state index in [0.29, 0.717) is 24.6 Å². The molecule has 1 fully saturated rings. The lowest BCUT2D eigenvalue weighted by Gasteiger charge is -2.33. The Labute approximate surface area is 146 Å². The van der Waals surface area contributed by atoms with E-state index in [1.807, 2.05) is 6.07 Å². The zero-order valence-corrected chi connectivity index (χ0v) is 14.3. The molecule has 1 saturated heterocycles. The van der Waals surface area contributed by atoms with Gasteiger partial charge in [0.25, 0.3) is 11.5 Å². The number of benzene rings is 1. The number of nitrogens with zero attached hydrogens (tertiary/aromatic N) is 2. The summed E-state index contributed by atoms with van der Waals surface area (Å²) in [5.74, 6) is -0.0710. The molecule has 0 saturated carbocycles. The highest BCUT2D eigenvalue weighted by molar-refractivity contribution is 6.11. The molecule has 0 spiro atoms. The molecule has 5 nitrogen and oxygen atoms in total. The second-order valence-corrected chi connectivity index (χ2v) is 6.59. The van der Waals surface area contributed by atoms with Crippen LogP contribution in [-0.4, -0.2) is 34.2 Å². The molecule has 2 aromatic rings. The number of rotatable bonds is 4. The standard InChI is InChI=1S/C20H22N2O3/c1-15-10-13-21(14-11-15)20(25)18(22-12-6-5-9-17(22)23)19(24)16-7-3-2-4-8-16/h2-9,12,15,18H,10-11,13-14H2,1H3. The summed E-state index contributed by atoms with van der Waals surface area (Å²) in [5, 5.41) is 0. The molecule has 2 heterocycles. The summed E-state index contributed by atoms with van der Waals surface area (Å²) >= 11 is 0. The molecule has 0 bridgehead atoms. The number of hydrogen-bond acceptors (Lipinski definition) is 3. The van der Waals surface area contributed by atoms with Crippen molar-refractivity contribution in [2.24, 2.45) is 5.92 Å². The van der Waals surface area contributed by atoms with Gasteiger partial charge >= 0.3 is 0 Å². The first-order chi connectivity index (χ1) is 12.1. The molecule has 1 atom stereocenters. The summed E-state index contributed by atoms with van der Waals surface area (Å²) in [5.41, 5.74) is 0.0810. The molecule has 1 aliphatic rings. The molecule has 3 rings (SSSR count). The van der Waals surface area contributed by atoms with Gasteiger partial charge in [0.15, 0.2) is 11.8 Å². The minimum absolute atomic E-state index is 0.297. The fourth-order valence-corrected chi connectivity index (χ4v) is 3.17. The summed E-state index contributed by atoms with van der Waals surface area (Å²) in [7, 11) is 0. The van der Waals surface area contributed by atoms with E-state index < -0.39 is 6.04 Å². The molecule has 25 heavy (non-hydrogen) atoms. The van der Waals surface area contributed by atoms with Crippen molar-refractivity contribution in [1.82, 2.24) is 9.47 Å². The number of amides is 1. The van der Waals surface area contributed by atoms with Crippen molar-refractivity contribution >= 4 is 11.7 Å². The van der Waals surface area contributed by atoms with E-state index in [0.717, 1.165) is 12.8 Å². The quantitative estimate of drug-likeness (QED) is 0.636. The molecule has 1 aromatic carbocycles. The average Bonchev–Trinajstić information content (AvgIpc) is 2.64. The Hall–Kier alpha value is -2.69. The fourth-order valence-electron chi connectivity index (χ4n) is 3.17. The summed E-state index contributed by atoms with van der Waals surface area (Å²) in [6.07, 6.45) is 3.35. The zero-order chi connectivity index (χ0) is 17.8. The number of likely N-dealkylation sites (tertiary alicyclic amines) is 1. The topological polar surface area (TPSA) is 59.4 Å². The van der Waals surface area contributed by atoms with Crippen molar-refractivity contribution in [3.8, 4) is 0 Å². The zero-order valence-electron chi connectivity index (χ0n) is 14.3. The van der Waals surface area contributed by atoms with E-state index in [4.69, 9.17) is 0 Å². The smallest absolute Gasteiger partial charge is 0.253 e. The maximum atomic E-state index is 13.1. The van der Waals surface area contributed by atoms with Crippen LogP contribution < -0.4 is 5.56 Å². The third kappa shape index (κ3) is 3.71. The third-order valence-corrected chi connectivity index (χ3v) is 4.77. The predicted octanol–water partition coefficient (Wildman–Crippen LogP) is 2.53. The first kappa shape index (κ1) is 17.1. The first-order valence-corrected chi connectivity index (χ1v) is 8.63. The monoisotopic (exact) mass is 338 g/mol. The molecule has 130 valence electrons. The molecule has 1 unspecified atom stereocenters. The van der Waals surface area contributed by atoms with Gasteiger partial charge in [0, 0.05) is 30.9 Å². The van der Waals surface area contributed by atoms with Gasteiger partial charge in [0.05, 0.1) is 0 Å². The highest BCUT2D eigenvalue weighted by Crippen LogP contribution is 2.21. The lowest BCUT2D eigenvalue weighted by atomic mass is 9.97. The lowest BCUT2D eigenvalue weighted by molar-refractivity contribution is -0.134. The van der Waals surface area contributed by atoms with Crippen LogP contribution in [0.15, 0.2) is 59.5 Å². The third-order valence-electron chi connectivity index (χ3n) is 4.77. The van der Waals surface area contributed by atoms with Crippen LogP contribution in [0.1, 0.15) is 36.2 Å². The van der Waals surface area contributed by atoms with Gasteiger partial charge in [0.1, 0.15) is 0 Å².